The smallest absolute Gasteiger partial charge is 0.336 e. The number of fused-ring (bicyclic) bond motifs is 1. The Hall–Kier alpha value is -2.88. The van der Waals surface area contributed by atoms with Gasteiger partial charge in [0, 0.05) is 11.7 Å². The highest BCUT2D eigenvalue weighted by Crippen LogP contribution is 2.15. The number of carbonyl (C=O) groups is 1. The van der Waals surface area contributed by atoms with Crippen LogP contribution in [0.15, 0.2) is 72.0 Å². The molecule has 2 aromatic carbocycles. The highest BCUT2D eigenvalue weighted by Gasteiger charge is 2.07. The van der Waals surface area contributed by atoms with Crippen LogP contribution in [0.25, 0.3) is 10.9 Å². The topological polar surface area (TPSA) is 43.6 Å². The first-order chi connectivity index (χ1) is 10.7. The molecular weight excluding hydrogens is 276 g/mol. The molecule has 0 fully saturated rings. The lowest BCUT2D eigenvalue weighted by Gasteiger charge is -2.04. The molecule has 0 aliphatic rings. The second-order valence-electron chi connectivity index (χ2n) is 5.01. The van der Waals surface area contributed by atoms with Gasteiger partial charge < -0.3 is 9.40 Å². The molecule has 0 atom stereocenters. The fourth-order valence-corrected chi connectivity index (χ4v) is 2.30. The molecule has 0 spiro atoms. The van der Waals surface area contributed by atoms with E-state index in [1.807, 2.05) is 78.4 Å². The summed E-state index contributed by atoms with van der Waals surface area (Å²) in [6.07, 6.45) is 1.87. The van der Waals surface area contributed by atoms with E-state index in [9.17, 15) is 4.79 Å². The minimum absolute atomic E-state index is 0.138. The molecule has 0 saturated carbocycles. The van der Waals surface area contributed by atoms with Crippen molar-refractivity contribution in [1.29, 1.82) is 0 Å². The molecule has 1 heterocycles. The van der Waals surface area contributed by atoms with Crippen molar-refractivity contribution in [3.8, 4) is 0 Å². The van der Waals surface area contributed by atoms with Gasteiger partial charge in [0.2, 0.25) is 0 Å². The molecule has 0 bridgehead atoms. The molecule has 4 nitrogen and oxygen atoms in total. The van der Waals surface area contributed by atoms with Crippen LogP contribution >= 0.6 is 0 Å². The number of hydrogen-bond donors (Lipinski definition) is 0. The van der Waals surface area contributed by atoms with Crippen molar-refractivity contribution in [1.82, 2.24) is 4.57 Å². The van der Waals surface area contributed by atoms with Gasteiger partial charge in [-0.2, -0.15) is 0 Å². The molecule has 0 aliphatic heterocycles. The Morgan fingerprint density at radius 1 is 1.05 bits per heavy atom. The normalized spacial score (nSPS) is 11.6. The summed E-state index contributed by atoms with van der Waals surface area (Å²) in [5.41, 5.74) is 2.61. The lowest BCUT2D eigenvalue weighted by molar-refractivity contribution is -0.144. The Morgan fingerprint density at radius 2 is 1.77 bits per heavy atom. The van der Waals surface area contributed by atoms with Crippen molar-refractivity contribution in [2.45, 2.75) is 13.5 Å². The summed E-state index contributed by atoms with van der Waals surface area (Å²) in [6.45, 7) is 1.95. The minimum Gasteiger partial charge on any atom is -0.336 e. The van der Waals surface area contributed by atoms with E-state index in [4.69, 9.17) is 4.84 Å². The van der Waals surface area contributed by atoms with E-state index in [0.29, 0.717) is 5.71 Å². The highest BCUT2D eigenvalue weighted by molar-refractivity contribution is 5.98. The minimum atomic E-state index is -0.392. The zero-order valence-electron chi connectivity index (χ0n) is 12.3. The molecule has 4 heteroatoms. The predicted octanol–water partition coefficient (Wildman–Crippen LogP) is 3.61. The molecular formula is C18H16N2O2. The Bertz CT molecular complexity index is 819. The molecule has 0 unspecified atom stereocenters. The average Bonchev–Trinajstić information content (AvgIpc) is 2.97. The Kier molecular flexibility index (Phi) is 4.01. The van der Waals surface area contributed by atoms with E-state index in [0.717, 1.165) is 16.5 Å². The molecule has 22 heavy (non-hydrogen) atoms. The fraction of sp³-hybridized carbons (Fsp3) is 0.111. The van der Waals surface area contributed by atoms with E-state index in [-0.39, 0.29) is 6.54 Å². The Labute approximate surface area is 128 Å². The highest BCUT2D eigenvalue weighted by atomic mass is 16.7. The summed E-state index contributed by atoms with van der Waals surface area (Å²) in [6, 6.07) is 19.5. The molecule has 0 amide bonds. The number of aromatic nitrogens is 1. The van der Waals surface area contributed by atoms with Crippen LogP contribution < -0.4 is 0 Å². The summed E-state index contributed by atoms with van der Waals surface area (Å²) in [5, 5.41) is 5.01. The molecule has 110 valence electrons. The van der Waals surface area contributed by atoms with Crippen LogP contribution in [0.3, 0.4) is 0 Å². The maximum absolute atomic E-state index is 11.9. The van der Waals surface area contributed by atoms with Gasteiger partial charge in [0.15, 0.2) is 0 Å². The predicted molar refractivity (Wildman–Crippen MR) is 86.7 cm³/mol. The standard InChI is InChI=1S/C18H16N2O2/c1-14(15-7-3-2-4-8-15)19-22-18(21)13-20-12-11-16-9-5-6-10-17(16)20/h2-12H,13H2,1H3. The fourth-order valence-electron chi connectivity index (χ4n) is 2.30. The quantitative estimate of drug-likeness (QED) is 0.419. The van der Waals surface area contributed by atoms with E-state index < -0.39 is 5.97 Å². The number of nitrogens with zero attached hydrogens (tertiary/aromatic N) is 2. The monoisotopic (exact) mass is 292 g/mol. The van der Waals surface area contributed by atoms with E-state index in [2.05, 4.69) is 5.16 Å². The zero-order chi connectivity index (χ0) is 15.4. The van der Waals surface area contributed by atoms with Gasteiger partial charge in [0.1, 0.15) is 6.54 Å². The lowest BCUT2D eigenvalue weighted by atomic mass is 10.1. The first-order valence-corrected chi connectivity index (χ1v) is 7.08. The van der Waals surface area contributed by atoms with Crippen molar-refractivity contribution >= 4 is 22.6 Å². The summed E-state index contributed by atoms with van der Waals surface area (Å²) in [4.78, 5) is 16.9. The van der Waals surface area contributed by atoms with Gasteiger partial charge in [-0.15, -0.1) is 0 Å². The van der Waals surface area contributed by atoms with E-state index in [1.54, 1.807) is 0 Å². The number of oxime groups is 1. The zero-order valence-corrected chi connectivity index (χ0v) is 12.3. The van der Waals surface area contributed by atoms with Gasteiger partial charge in [0.25, 0.3) is 0 Å². The van der Waals surface area contributed by atoms with Crippen LogP contribution in [0, 0.1) is 0 Å². The van der Waals surface area contributed by atoms with Crippen LogP contribution in [-0.2, 0) is 16.2 Å². The molecule has 3 aromatic rings. The van der Waals surface area contributed by atoms with Gasteiger partial charge in [-0.3, -0.25) is 0 Å². The largest absolute Gasteiger partial charge is 0.354 e. The van der Waals surface area contributed by atoms with Gasteiger partial charge in [-0.1, -0.05) is 53.7 Å². The van der Waals surface area contributed by atoms with Crippen LogP contribution in [0.4, 0.5) is 0 Å². The Morgan fingerprint density at radius 3 is 2.59 bits per heavy atom. The second-order valence-corrected chi connectivity index (χ2v) is 5.01. The average molecular weight is 292 g/mol. The van der Waals surface area contributed by atoms with Crippen LogP contribution in [0.5, 0.6) is 0 Å². The number of para-hydroxylation sites is 1. The summed E-state index contributed by atoms with van der Waals surface area (Å²) >= 11 is 0. The van der Waals surface area contributed by atoms with Crippen molar-refractivity contribution < 1.29 is 9.63 Å². The van der Waals surface area contributed by atoms with Crippen molar-refractivity contribution in [3.05, 3.63) is 72.4 Å². The third kappa shape index (κ3) is 3.06. The van der Waals surface area contributed by atoms with Crippen molar-refractivity contribution in [2.75, 3.05) is 0 Å². The van der Waals surface area contributed by atoms with Gasteiger partial charge in [0.05, 0.1) is 5.71 Å². The van der Waals surface area contributed by atoms with Crippen LogP contribution in [-0.4, -0.2) is 16.2 Å². The Balaban J connectivity index is 1.68. The molecule has 0 N–H and O–H groups in total. The SMILES string of the molecule is CC(=NOC(=O)Cn1ccc2ccccc21)c1ccccc1. The van der Waals surface area contributed by atoms with Crippen LogP contribution in [0.2, 0.25) is 0 Å². The summed E-state index contributed by atoms with van der Waals surface area (Å²) < 4.78 is 1.85. The third-order valence-corrected chi connectivity index (χ3v) is 3.46. The molecule has 3 rings (SSSR count). The first kappa shape index (κ1) is 14.1. The molecule has 0 radical (unpaired) electrons. The van der Waals surface area contributed by atoms with E-state index >= 15 is 0 Å². The number of rotatable bonds is 4. The molecule has 1 aromatic heterocycles. The molecule has 0 aliphatic carbocycles. The van der Waals surface area contributed by atoms with Gasteiger partial charge in [-0.05, 0) is 30.0 Å². The maximum Gasteiger partial charge on any atom is 0.354 e. The molecule has 0 saturated heterocycles. The van der Waals surface area contributed by atoms with Crippen molar-refractivity contribution in [2.24, 2.45) is 5.16 Å². The van der Waals surface area contributed by atoms with Crippen LogP contribution in [0.1, 0.15) is 12.5 Å². The second kappa shape index (κ2) is 6.26. The summed E-state index contributed by atoms with van der Waals surface area (Å²) in [7, 11) is 0. The first-order valence-electron chi connectivity index (χ1n) is 7.08. The van der Waals surface area contributed by atoms with Crippen molar-refractivity contribution in [3.63, 3.8) is 0 Å². The van der Waals surface area contributed by atoms with E-state index in [1.165, 1.54) is 0 Å². The third-order valence-electron chi connectivity index (χ3n) is 3.46. The number of hydrogen-bond acceptors (Lipinski definition) is 3. The maximum atomic E-state index is 11.9. The lowest BCUT2D eigenvalue weighted by Crippen LogP contribution is -2.11. The van der Waals surface area contributed by atoms with Gasteiger partial charge >= 0.3 is 5.97 Å². The number of benzene rings is 2. The summed E-state index contributed by atoms with van der Waals surface area (Å²) in [5.74, 6) is -0.392. The van der Waals surface area contributed by atoms with Gasteiger partial charge in [-0.25, -0.2) is 4.79 Å². The number of carbonyl (C=O) groups excluding carboxylic acids is 1.